The second-order valence-electron chi connectivity index (χ2n) is 32.1. The average Bonchev–Trinajstić information content (AvgIpc) is 1.59. The highest BCUT2D eigenvalue weighted by molar-refractivity contribution is 6.18. The molecule has 6 heterocycles. The first-order chi connectivity index (χ1) is 65.0. The number of aromatic nitrogens is 9. The molecule has 9 heteroatoms. The second-order valence-corrected chi connectivity index (χ2v) is 32.1. The average molecular weight is 1620 g/mol. The van der Waals surface area contributed by atoms with Crippen LogP contribution in [0.5, 0.6) is 0 Å². The quantitative estimate of drug-likeness (QED) is 0.135. The van der Waals surface area contributed by atoms with Gasteiger partial charge in [-0.05, 0) is 185 Å². The first kappa shape index (κ1) is 68.5. The van der Waals surface area contributed by atoms with E-state index in [4.69, 9.17) is 36.8 Å². The van der Waals surface area contributed by atoms with Crippen molar-refractivity contribution in [3.63, 3.8) is 0 Å². The van der Waals surface area contributed by atoms with E-state index in [1.165, 1.54) is 76.1 Å². The molecule has 0 atom stereocenters. The topological polar surface area (TPSA) is 92.1 Å². The Kier molecular flexibility index (Phi) is 16.8. The monoisotopic (exact) mass is 1620 g/mol. The molecule has 6 aromatic heterocycles. The Morgan fingerprint density at radius 1 is 0.157 bits per heavy atom. The van der Waals surface area contributed by atoms with Crippen LogP contribution in [0.2, 0.25) is 0 Å². The van der Waals surface area contributed by atoms with Gasteiger partial charge >= 0.3 is 0 Å². The van der Waals surface area contributed by atoms with E-state index in [-0.39, 0.29) is 23.5 Å². The van der Waals surface area contributed by atoms with Crippen molar-refractivity contribution in [1.29, 1.82) is 0 Å². The Hall–Kier alpha value is -17.1. The van der Waals surface area contributed by atoms with Crippen molar-refractivity contribution in [3.8, 4) is 96.1 Å². The van der Waals surface area contributed by atoms with Crippen LogP contribution >= 0.6 is 0 Å². The SMILES string of the molecule is [2H]c1c([2H])c([2H])c(-c2nc(-n3c4ccccc4c4cc5ccccc5cc43)c3cc(-c4ccccc4)ccc3n2)c([2H])c1[2H].c1ccc(-c2ccc(-c3nc(-n4c5ccccc5c5cc6ccccc6cc54)c4cc(-c5ccccc5)ccc4n3)cc2)cc1.c1ccc(-c2ccc3nc(-c4ccc5ccccc5c4)nc(-n4c5ccccc5c5cc6ccccc6cc54)c3c2)cc1. The number of rotatable bonds is 10. The molecule has 0 unspecified atom stereocenters. The van der Waals surface area contributed by atoms with Gasteiger partial charge in [-0.25, -0.2) is 29.9 Å². The first-order valence-electron chi connectivity index (χ1n) is 45.1. The fourth-order valence-corrected chi connectivity index (χ4v) is 18.4. The highest BCUT2D eigenvalue weighted by atomic mass is 15.1. The van der Waals surface area contributed by atoms with Gasteiger partial charge in [-0.1, -0.05) is 358 Å². The van der Waals surface area contributed by atoms with E-state index in [0.717, 1.165) is 127 Å². The Morgan fingerprint density at radius 2 is 0.425 bits per heavy atom. The number of para-hydroxylation sites is 3. The van der Waals surface area contributed by atoms with Gasteiger partial charge in [-0.2, -0.15) is 0 Å². The van der Waals surface area contributed by atoms with Crippen molar-refractivity contribution in [3.05, 3.63) is 455 Å². The van der Waals surface area contributed by atoms with E-state index in [9.17, 15) is 0 Å². The molecule has 127 heavy (non-hydrogen) atoms. The van der Waals surface area contributed by atoms with E-state index in [1.807, 2.05) is 60.7 Å². The Bertz CT molecular complexity index is 9130. The van der Waals surface area contributed by atoms with E-state index >= 15 is 0 Å². The molecule has 0 N–H and O–H groups in total. The van der Waals surface area contributed by atoms with E-state index in [1.54, 1.807) is 0 Å². The van der Waals surface area contributed by atoms with Gasteiger partial charge in [0, 0.05) is 65.2 Å². The van der Waals surface area contributed by atoms with Crippen LogP contribution in [0.4, 0.5) is 0 Å². The molecule has 0 aliphatic rings. The number of hydrogen-bond acceptors (Lipinski definition) is 6. The van der Waals surface area contributed by atoms with Gasteiger partial charge in [-0.3, -0.25) is 13.7 Å². The third-order valence-electron chi connectivity index (χ3n) is 24.6. The second kappa shape index (κ2) is 31.1. The maximum atomic E-state index is 8.67. The predicted molar refractivity (Wildman–Crippen MR) is 530 cm³/mol. The lowest BCUT2D eigenvalue weighted by atomic mass is 10.0. The van der Waals surface area contributed by atoms with Crippen LogP contribution in [-0.4, -0.2) is 43.6 Å². The minimum atomic E-state index is -0.452. The lowest BCUT2D eigenvalue weighted by molar-refractivity contribution is 1.08. The van der Waals surface area contributed by atoms with Gasteiger partial charge in [0.2, 0.25) is 0 Å². The summed E-state index contributed by atoms with van der Waals surface area (Å²) in [4.78, 5) is 30.9. The number of fused-ring (bicyclic) bond motifs is 16. The Morgan fingerprint density at radius 3 is 0.795 bits per heavy atom. The van der Waals surface area contributed by atoms with E-state index in [0.29, 0.717) is 23.0 Å². The van der Waals surface area contributed by atoms with Crippen molar-refractivity contribution in [1.82, 2.24) is 43.6 Å². The molecule has 0 bridgehead atoms. The minimum Gasteiger partial charge on any atom is -0.293 e. The van der Waals surface area contributed by atoms with Crippen molar-refractivity contribution < 1.29 is 6.85 Å². The van der Waals surface area contributed by atoms with Crippen molar-refractivity contribution >= 4 is 141 Å². The summed E-state index contributed by atoms with van der Waals surface area (Å²) in [6.07, 6.45) is 0. The smallest absolute Gasteiger partial charge is 0.162 e. The Balaban J connectivity index is 0.000000109. The standard InChI is InChI=1S/C42H27N3.C40H25N3.C36H23N3/c1-3-11-28(12-4-1)30-19-21-31(22-20-30)41-43-38-24-23-34(29-13-5-2-6-14-29)26-37(38)42(44-41)45-39-18-10-9-17-35(39)36-25-32-15-7-8-16-33(32)27-40(36)45;1-2-10-26(11-3-1)31-20-21-36-35(24-31)40(42-39(41-36)32-19-18-27-12-4-5-13-28(27)22-32)43-37-17-9-8-16-33(37)34-23-29-14-6-7-15-30(29)25-38(34)43;1-3-11-24(12-4-1)28-19-20-32-31(22-28)36(38-35(37-32)25-13-5-2-6-14-25)39-33-18-10-9-17-29(33)30-21-26-15-7-8-16-27(26)23-34(30)39/h1-27H;1-25H;1-23H/i;;2D,5D,6D,13D,14D. The molecule has 0 saturated carbocycles. The third kappa shape index (κ3) is 13.3. The van der Waals surface area contributed by atoms with Crippen LogP contribution in [0.25, 0.3) is 237 Å². The number of nitrogens with zero attached hydrogens (tertiary/aromatic N) is 9. The van der Waals surface area contributed by atoms with Gasteiger partial charge in [0.05, 0.1) is 56.5 Å². The fraction of sp³-hybridized carbons (Fsp3) is 0. The molecule has 0 aliphatic carbocycles. The molecule has 0 radical (unpaired) electrons. The molecule has 0 fully saturated rings. The summed E-state index contributed by atoms with van der Waals surface area (Å²) in [7, 11) is 0. The summed E-state index contributed by atoms with van der Waals surface area (Å²) < 4.78 is 48.8. The number of benzene rings is 20. The molecule has 9 nitrogen and oxygen atoms in total. The van der Waals surface area contributed by atoms with E-state index < -0.39 is 18.1 Å². The highest BCUT2D eigenvalue weighted by Crippen LogP contribution is 2.44. The minimum absolute atomic E-state index is 0.0301. The fourth-order valence-electron chi connectivity index (χ4n) is 18.4. The van der Waals surface area contributed by atoms with Crippen molar-refractivity contribution in [2.24, 2.45) is 0 Å². The maximum Gasteiger partial charge on any atom is 0.162 e. The summed E-state index contributed by atoms with van der Waals surface area (Å²) in [5, 5.41) is 19.2. The van der Waals surface area contributed by atoms with Gasteiger partial charge in [-0.15, -0.1) is 0 Å². The van der Waals surface area contributed by atoms with Crippen LogP contribution in [-0.2, 0) is 0 Å². The largest absolute Gasteiger partial charge is 0.293 e. The molecule has 0 aliphatic heterocycles. The molecular weight excluding hydrogens is 1540 g/mol. The van der Waals surface area contributed by atoms with Crippen LogP contribution in [0.15, 0.2) is 455 Å². The zero-order chi connectivity index (χ0) is 88.2. The predicted octanol–water partition coefficient (Wildman–Crippen LogP) is 30.5. The van der Waals surface area contributed by atoms with Crippen LogP contribution in [0, 0.1) is 0 Å². The summed E-state index contributed by atoms with van der Waals surface area (Å²) in [5.41, 5.74) is 19.8. The normalized spacial score (nSPS) is 12.2. The van der Waals surface area contributed by atoms with Crippen LogP contribution < -0.4 is 0 Å². The summed E-state index contributed by atoms with van der Waals surface area (Å²) >= 11 is 0. The lowest BCUT2D eigenvalue weighted by Crippen LogP contribution is -2.03. The Labute approximate surface area is 738 Å². The summed E-state index contributed by atoms with van der Waals surface area (Å²) in [6, 6.07) is 146. The summed E-state index contributed by atoms with van der Waals surface area (Å²) in [5.74, 6) is 3.82. The van der Waals surface area contributed by atoms with Gasteiger partial charge in [0.15, 0.2) is 17.5 Å². The van der Waals surface area contributed by atoms with Gasteiger partial charge < -0.3 is 0 Å². The zero-order valence-corrected chi connectivity index (χ0v) is 68.4. The molecular formula is C118H75N9. The van der Waals surface area contributed by atoms with Gasteiger partial charge in [0.1, 0.15) is 17.5 Å². The van der Waals surface area contributed by atoms with E-state index in [2.05, 4.69) is 378 Å². The lowest BCUT2D eigenvalue weighted by Gasteiger charge is -2.14. The molecule has 592 valence electrons. The summed E-state index contributed by atoms with van der Waals surface area (Å²) in [6.45, 7) is 0. The number of hydrogen-bond donors (Lipinski definition) is 0. The van der Waals surface area contributed by atoms with Crippen LogP contribution in [0.3, 0.4) is 0 Å². The molecule has 0 spiro atoms. The van der Waals surface area contributed by atoms with Gasteiger partial charge in [0.25, 0.3) is 0 Å². The molecule has 0 saturated heterocycles. The molecule has 0 amide bonds. The third-order valence-corrected chi connectivity index (χ3v) is 24.6. The zero-order valence-electron chi connectivity index (χ0n) is 73.4. The van der Waals surface area contributed by atoms with Crippen molar-refractivity contribution in [2.75, 3.05) is 0 Å². The maximum absolute atomic E-state index is 8.67. The molecule has 20 aromatic carbocycles. The van der Waals surface area contributed by atoms with Crippen LogP contribution in [0.1, 0.15) is 6.85 Å². The van der Waals surface area contributed by atoms with Crippen molar-refractivity contribution in [2.45, 2.75) is 0 Å². The highest BCUT2D eigenvalue weighted by Gasteiger charge is 2.25. The first-order valence-corrected chi connectivity index (χ1v) is 42.6. The molecule has 26 aromatic rings. The molecule has 26 rings (SSSR count).